The molecule has 0 saturated heterocycles. The molecule has 0 aliphatic heterocycles. The minimum atomic E-state index is -0.180. The highest BCUT2D eigenvalue weighted by atomic mass is 16.5. The van der Waals surface area contributed by atoms with Crippen molar-refractivity contribution < 1.29 is 14.6 Å². The van der Waals surface area contributed by atoms with Gasteiger partial charge >= 0.3 is 0 Å². The molecule has 3 rings (SSSR count). The van der Waals surface area contributed by atoms with Crippen LogP contribution in [0.5, 0.6) is 11.5 Å². The fraction of sp³-hybridized carbons (Fsp3) is 0.200. The predicted octanol–water partition coefficient (Wildman–Crippen LogP) is 3.45. The van der Waals surface area contributed by atoms with Crippen LogP contribution in [0.15, 0.2) is 54.6 Å². The summed E-state index contributed by atoms with van der Waals surface area (Å²) in [4.78, 5) is 14.2. The van der Waals surface area contributed by atoms with E-state index in [0.29, 0.717) is 24.5 Å². The lowest BCUT2D eigenvalue weighted by atomic mass is 10.1. The first kappa shape index (κ1) is 17.5. The van der Waals surface area contributed by atoms with Crippen LogP contribution in [-0.2, 0) is 6.54 Å². The van der Waals surface area contributed by atoms with Gasteiger partial charge in [-0.1, -0.05) is 24.3 Å². The predicted molar refractivity (Wildman–Crippen MR) is 99.1 cm³/mol. The zero-order valence-electron chi connectivity index (χ0n) is 14.8. The Bertz CT molecular complexity index is 905. The van der Waals surface area contributed by atoms with Gasteiger partial charge in [0.1, 0.15) is 17.2 Å². The standard InChI is InChI=1S/C20H21N3O3/c1-3-26-19-10-5-4-9-16(19)17-12-18(22-21-17)20(25)23(2)13-14-7-6-8-15(24)11-14/h4-12,24H,3,13H2,1-2H3,(H,21,22). The van der Waals surface area contributed by atoms with Gasteiger partial charge in [0.2, 0.25) is 0 Å². The Labute approximate surface area is 152 Å². The number of hydrogen-bond acceptors (Lipinski definition) is 4. The number of aromatic nitrogens is 2. The van der Waals surface area contributed by atoms with Crippen molar-refractivity contribution in [3.63, 3.8) is 0 Å². The van der Waals surface area contributed by atoms with E-state index in [1.165, 1.54) is 0 Å². The van der Waals surface area contributed by atoms with Crippen molar-refractivity contribution in [1.29, 1.82) is 0 Å². The SMILES string of the molecule is CCOc1ccccc1-c1cc(C(=O)N(C)Cc2cccc(O)c2)[nH]n1. The zero-order chi connectivity index (χ0) is 18.5. The van der Waals surface area contributed by atoms with E-state index >= 15 is 0 Å². The maximum atomic E-state index is 12.7. The minimum Gasteiger partial charge on any atom is -0.508 e. The number of hydrogen-bond donors (Lipinski definition) is 2. The molecule has 0 spiro atoms. The number of benzene rings is 2. The molecule has 3 aromatic rings. The first-order valence-corrected chi connectivity index (χ1v) is 8.39. The summed E-state index contributed by atoms with van der Waals surface area (Å²) >= 11 is 0. The van der Waals surface area contributed by atoms with Crippen LogP contribution < -0.4 is 4.74 Å². The van der Waals surface area contributed by atoms with Crippen molar-refractivity contribution in [3.8, 4) is 22.8 Å². The molecule has 2 aromatic carbocycles. The Morgan fingerprint density at radius 2 is 2.00 bits per heavy atom. The number of rotatable bonds is 6. The molecule has 134 valence electrons. The summed E-state index contributed by atoms with van der Waals surface area (Å²) in [7, 11) is 1.71. The monoisotopic (exact) mass is 351 g/mol. The molecule has 0 unspecified atom stereocenters. The molecular formula is C20H21N3O3. The van der Waals surface area contributed by atoms with Crippen molar-refractivity contribution in [2.24, 2.45) is 0 Å². The van der Waals surface area contributed by atoms with E-state index < -0.39 is 0 Å². The molecule has 6 heteroatoms. The Morgan fingerprint density at radius 3 is 2.77 bits per heavy atom. The van der Waals surface area contributed by atoms with Gasteiger partial charge in [-0.05, 0) is 42.8 Å². The van der Waals surface area contributed by atoms with Crippen molar-refractivity contribution >= 4 is 5.91 Å². The number of H-pyrrole nitrogens is 1. The second-order valence-corrected chi connectivity index (χ2v) is 5.93. The van der Waals surface area contributed by atoms with Gasteiger partial charge in [-0.25, -0.2) is 0 Å². The maximum Gasteiger partial charge on any atom is 0.271 e. The van der Waals surface area contributed by atoms with Crippen LogP contribution in [0.25, 0.3) is 11.3 Å². The summed E-state index contributed by atoms with van der Waals surface area (Å²) in [6.45, 7) is 2.86. The molecule has 0 bridgehead atoms. The minimum absolute atomic E-state index is 0.180. The third-order valence-electron chi connectivity index (χ3n) is 3.95. The number of carbonyl (C=O) groups excluding carboxylic acids is 1. The molecule has 0 atom stereocenters. The van der Waals surface area contributed by atoms with Gasteiger partial charge in [0, 0.05) is 19.2 Å². The second kappa shape index (κ2) is 7.74. The molecule has 0 saturated carbocycles. The molecule has 1 aromatic heterocycles. The molecular weight excluding hydrogens is 330 g/mol. The molecule has 0 fully saturated rings. The number of amides is 1. The van der Waals surface area contributed by atoms with Crippen molar-refractivity contribution in [2.75, 3.05) is 13.7 Å². The Morgan fingerprint density at radius 1 is 1.19 bits per heavy atom. The van der Waals surface area contributed by atoms with Gasteiger partial charge in [0.15, 0.2) is 0 Å². The fourth-order valence-corrected chi connectivity index (χ4v) is 2.73. The number of phenolic OH excluding ortho intramolecular Hbond substituents is 1. The van der Waals surface area contributed by atoms with E-state index in [9.17, 15) is 9.90 Å². The molecule has 2 N–H and O–H groups in total. The van der Waals surface area contributed by atoms with Crippen LogP contribution >= 0.6 is 0 Å². The summed E-state index contributed by atoms with van der Waals surface area (Å²) in [5.41, 5.74) is 2.74. The van der Waals surface area contributed by atoms with Gasteiger partial charge in [-0.3, -0.25) is 9.89 Å². The van der Waals surface area contributed by atoms with Crippen molar-refractivity contribution in [1.82, 2.24) is 15.1 Å². The number of phenols is 1. The quantitative estimate of drug-likeness (QED) is 0.713. The van der Waals surface area contributed by atoms with Crippen LogP contribution in [0.2, 0.25) is 0 Å². The molecule has 0 aliphatic rings. The summed E-state index contributed by atoms with van der Waals surface area (Å²) < 4.78 is 5.63. The Kier molecular flexibility index (Phi) is 5.22. The Balaban J connectivity index is 1.78. The number of ether oxygens (including phenoxy) is 1. The van der Waals surface area contributed by atoms with Gasteiger partial charge in [0.25, 0.3) is 5.91 Å². The number of carbonyl (C=O) groups is 1. The highest BCUT2D eigenvalue weighted by Crippen LogP contribution is 2.29. The first-order valence-electron chi connectivity index (χ1n) is 8.39. The molecule has 6 nitrogen and oxygen atoms in total. The van der Waals surface area contributed by atoms with Crippen molar-refractivity contribution in [3.05, 3.63) is 65.9 Å². The largest absolute Gasteiger partial charge is 0.508 e. The van der Waals surface area contributed by atoms with Crippen LogP contribution in [0.1, 0.15) is 23.0 Å². The van der Waals surface area contributed by atoms with E-state index in [2.05, 4.69) is 10.2 Å². The Hall–Kier alpha value is -3.28. The number of nitrogens with zero attached hydrogens (tertiary/aromatic N) is 2. The molecule has 1 amide bonds. The van der Waals surface area contributed by atoms with E-state index in [0.717, 1.165) is 16.9 Å². The number of aromatic amines is 1. The molecule has 26 heavy (non-hydrogen) atoms. The third kappa shape index (κ3) is 3.85. The van der Waals surface area contributed by atoms with E-state index in [-0.39, 0.29) is 11.7 Å². The molecule has 1 heterocycles. The van der Waals surface area contributed by atoms with E-state index in [1.807, 2.05) is 37.3 Å². The topological polar surface area (TPSA) is 78.5 Å². The highest BCUT2D eigenvalue weighted by molar-refractivity contribution is 5.93. The number of para-hydroxylation sites is 1. The lowest BCUT2D eigenvalue weighted by molar-refractivity contribution is 0.0779. The molecule has 0 aliphatic carbocycles. The maximum absolute atomic E-state index is 12.7. The van der Waals surface area contributed by atoms with Gasteiger partial charge < -0.3 is 14.7 Å². The van der Waals surface area contributed by atoms with Crippen LogP contribution in [0.4, 0.5) is 0 Å². The van der Waals surface area contributed by atoms with Gasteiger partial charge in [-0.2, -0.15) is 5.10 Å². The summed E-state index contributed by atoms with van der Waals surface area (Å²) in [6, 6.07) is 16.2. The summed E-state index contributed by atoms with van der Waals surface area (Å²) in [5, 5.41) is 16.6. The summed E-state index contributed by atoms with van der Waals surface area (Å²) in [5.74, 6) is 0.731. The molecule has 0 radical (unpaired) electrons. The van der Waals surface area contributed by atoms with E-state index in [4.69, 9.17) is 4.74 Å². The summed E-state index contributed by atoms with van der Waals surface area (Å²) in [6.07, 6.45) is 0. The van der Waals surface area contributed by atoms with E-state index in [1.54, 1.807) is 36.2 Å². The van der Waals surface area contributed by atoms with Gasteiger partial charge in [-0.15, -0.1) is 0 Å². The lowest BCUT2D eigenvalue weighted by Gasteiger charge is -2.16. The number of nitrogens with one attached hydrogen (secondary N) is 1. The van der Waals surface area contributed by atoms with Crippen molar-refractivity contribution in [2.45, 2.75) is 13.5 Å². The highest BCUT2D eigenvalue weighted by Gasteiger charge is 2.17. The smallest absolute Gasteiger partial charge is 0.271 e. The fourth-order valence-electron chi connectivity index (χ4n) is 2.73. The second-order valence-electron chi connectivity index (χ2n) is 5.93. The zero-order valence-corrected chi connectivity index (χ0v) is 14.8. The lowest BCUT2D eigenvalue weighted by Crippen LogP contribution is -2.26. The first-order chi connectivity index (χ1) is 12.6. The number of aromatic hydroxyl groups is 1. The normalized spacial score (nSPS) is 10.5. The van der Waals surface area contributed by atoms with Crippen LogP contribution in [0.3, 0.4) is 0 Å². The third-order valence-corrected chi connectivity index (χ3v) is 3.95. The van der Waals surface area contributed by atoms with Crippen LogP contribution in [0, 0.1) is 0 Å². The van der Waals surface area contributed by atoms with Gasteiger partial charge in [0.05, 0.1) is 12.3 Å². The van der Waals surface area contributed by atoms with Crippen LogP contribution in [-0.4, -0.2) is 39.8 Å². The average molecular weight is 351 g/mol. The average Bonchev–Trinajstić information content (AvgIpc) is 3.11.